The number of pyridine rings is 1. The van der Waals surface area contributed by atoms with E-state index in [0.717, 1.165) is 5.52 Å². The lowest BCUT2D eigenvalue weighted by Gasteiger charge is -2.25. The van der Waals surface area contributed by atoms with Crippen molar-refractivity contribution in [1.82, 2.24) is 4.98 Å². The molecule has 0 aliphatic heterocycles. The van der Waals surface area contributed by atoms with E-state index in [1.165, 1.54) is 93.7 Å². The summed E-state index contributed by atoms with van der Waals surface area (Å²) in [4.78, 5) is 4.80. The van der Waals surface area contributed by atoms with Crippen LogP contribution in [-0.2, 0) is 0 Å². The SMILES string of the molecule is c1ccc2c(c1)-c1ccccc1-c1cccc(-c3ccc(-c4ccc5c6ccccc6c6ncccc6c5c4)cc3)c1-c1ccccc1-2. The highest BCUT2D eigenvalue weighted by Crippen LogP contribution is 2.50. The maximum absolute atomic E-state index is 4.80. The van der Waals surface area contributed by atoms with Gasteiger partial charge in [0.15, 0.2) is 0 Å². The van der Waals surface area contributed by atoms with Gasteiger partial charge in [0.05, 0.1) is 5.52 Å². The van der Waals surface area contributed by atoms with Crippen molar-refractivity contribution in [3.8, 4) is 66.8 Å². The second-order valence-corrected chi connectivity index (χ2v) is 12.6. The van der Waals surface area contributed by atoms with Gasteiger partial charge in [0.1, 0.15) is 0 Å². The predicted octanol–water partition coefficient (Wildman–Crippen LogP) is 12.9. The molecule has 0 N–H and O–H groups in total. The van der Waals surface area contributed by atoms with Crippen molar-refractivity contribution in [1.29, 1.82) is 0 Å². The summed E-state index contributed by atoms with van der Waals surface area (Å²) < 4.78 is 0. The average Bonchev–Trinajstić information content (AvgIpc) is 3.17. The van der Waals surface area contributed by atoms with Crippen molar-refractivity contribution in [3.05, 3.63) is 176 Å². The van der Waals surface area contributed by atoms with E-state index >= 15 is 0 Å². The second kappa shape index (κ2) is 10.6. The summed E-state index contributed by atoms with van der Waals surface area (Å²) in [6.45, 7) is 0. The molecule has 0 bridgehead atoms. The van der Waals surface area contributed by atoms with Gasteiger partial charge >= 0.3 is 0 Å². The van der Waals surface area contributed by atoms with Gasteiger partial charge in [-0.15, -0.1) is 0 Å². The predicted molar refractivity (Wildman–Crippen MR) is 203 cm³/mol. The number of rotatable bonds is 2. The zero-order valence-corrected chi connectivity index (χ0v) is 26.2. The third-order valence-electron chi connectivity index (χ3n) is 10.1. The van der Waals surface area contributed by atoms with Gasteiger partial charge in [-0.2, -0.15) is 0 Å². The van der Waals surface area contributed by atoms with Crippen molar-refractivity contribution in [2.45, 2.75) is 0 Å². The Morgan fingerprint density at radius 1 is 0.271 bits per heavy atom. The summed E-state index contributed by atoms with van der Waals surface area (Å²) in [7, 11) is 0. The van der Waals surface area contributed by atoms with E-state index in [9.17, 15) is 0 Å². The average molecular weight is 608 g/mol. The van der Waals surface area contributed by atoms with Gasteiger partial charge in [-0.05, 0) is 95.1 Å². The minimum Gasteiger partial charge on any atom is -0.256 e. The number of benzene rings is 8. The number of nitrogens with zero attached hydrogens (tertiary/aromatic N) is 1. The lowest BCUT2D eigenvalue weighted by molar-refractivity contribution is 1.43. The van der Waals surface area contributed by atoms with E-state index in [4.69, 9.17) is 4.98 Å². The van der Waals surface area contributed by atoms with E-state index < -0.39 is 0 Å². The molecule has 1 aliphatic rings. The van der Waals surface area contributed by atoms with E-state index in [-0.39, 0.29) is 0 Å². The van der Waals surface area contributed by atoms with Crippen LogP contribution in [0.25, 0.3) is 99.2 Å². The first-order valence-corrected chi connectivity index (χ1v) is 16.5. The highest BCUT2D eigenvalue weighted by molar-refractivity contribution is 6.24. The van der Waals surface area contributed by atoms with Crippen molar-refractivity contribution in [2.24, 2.45) is 0 Å². The van der Waals surface area contributed by atoms with Crippen LogP contribution in [0.1, 0.15) is 0 Å². The monoisotopic (exact) mass is 607 g/mol. The fourth-order valence-corrected chi connectivity index (χ4v) is 7.93. The topological polar surface area (TPSA) is 12.9 Å². The van der Waals surface area contributed by atoms with Crippen LogP contribution in [0, 0.1) is 0 Å². The molecule has 0 spiro atoms. The highest BCUT2D eigenvalue weighted by atomic mass is 14.6. The van der Waals surface area contributed by atoms with Gasteiger partial charge in [0.2, 0.25) is 0 Å². The van der Waals surface area contributed by atoms with Crippen LogP contribution in [0.4, 0.5) is 0 Å². The molecule has 10 rings (SSSR count). The van der Waals surface area contributed by atoms with Crippen molar-refractivity contribution >= 4 is 32.4 Å². The first kappa shape index (κ1) is 26.9. The molecule has 1 aliphatic carbocycles. The van der Waals surface area contributed by atoms with Gasteiger partial charge in [-0.3, -0.25) is 4.98 Å². The van der Waals surface area contributed by atoms with E-state index in [2.05, 4.69) is 164 Å². The Labute approximate surface area is 279 Å². The molecule has 0 atom stereocenters. The Kier molecular flexibility index (Phi) is 5.94. The first-order valence-electron chi connectivity index (χ1n) is 16.5. The maximum Gasteiger partial charge on any atom is 0.0786 e. The zero-order chi connectivity index (χ0) is 31.6. The fourth-order valence-electron chi connectivity index (χ4n) is 7.93. The molecule has 1 aromatic heterocycles. The lowest BCUT2D eigenvalue weighted by atomic mass is 9.78. The van der Waals surface area contributed by atoms with Gasteiger partial charge in [0.25, 0.3) is 0 Å². The number of fused-ring (bicyclic) bond motifs is 14. The molecule has 0 unspecified atom stereocenters. The van der Waals surface area contributed by atoms with Crippen molar-refractivity contribution < 1.29 is 0 Å². The Morgan fingerprint density at radius 3 is 1.44 bits per heavy atom. The summed E-state index contributed by atoms with van der Waals surface area (Å²) in [5, 5.41) is 6.12. The number of hydrogen-bond acceptors (Lipinski definition) is 1. The van der Waals surface area contributed by atoms with Crippen molar-refractivity contribution in [2.75, 3.05) is 0 Å². The quantitative estimate of drug-likeness (QED) is 0.178. The van der Waals surface area contributed by atoms with E-state index in [0.29, 0.717) is 0 Å². The second-order valence-electron chi connectivity index (χ2n) is 12.6. The molecule has 48 heavy (non-hydrogen) atoms. The Morgan fingerprint density at radius 2 is 0.729 bits per heavy atom. The van der Waals surface area contributed by atoms with Crippen LogP contribution in [-0.4, -0.2) is 4.98 Å². The number of hydrogen-bond donors (Lipinski definition) is 0. The van der Waals surface area contributed by atoms with Crippen LogP contribution in [0.5, 0.6) is 0 Å². The molecule has 0 saturated carbocycles. The smallest absolute Gasteiger partial charge is 0.0786 e. The normalized spacial score (nSPS) is 11.8. The third-order valence-corrected chi connectivity index (χ3v) is 10.1. The molecular weight excluding hydrogens is 579 g/mol. The number of aromatic nitrogens is 1. The fraction of sp³-hybridized carbons (Fsp3) is 0. The molecule has 0 radical (unpaired) electrons. The molecule has 1 heterocycles. The molecule has 0 saturated heterocycles. The molecule has 222 valence electrons. The molecule has 8 aromatic carbocycles. The van der Waals surface area contributed by atoms with Crippen LogP contribution in [0.2, 0.25) is 0 Å². The summed E-state index contributed by atoms with van der Waals surface area (Å²) >= 11 is 0. The largest absolute Gasteiger partial charge is 0.256 e. The summed E-state index contributed by atoms with van der Waals surface area (Å²) in [6, 6.07) is 62.2. The summed E-state index contributed by atoms with van der Waals surface area (Å²) in [6.07, 6.45) is 1.89. The Bertz CT molecular complexity index is 2680. The molecule has 9 aromatic rings. The minimum absolute atomic E-state index is 1.05. The van der Waals surface area contributed by atoms with Crippen LogP contribution in [0.3, 0.4) is 0 Å². The maximum atomic E-state index is 4.80. The Balaban J connectivity index is 1.15. The third kappa shape index (κ3) is 4.01. The standard InChI is InChI=1S/C47H29N/c1-2-12-35-34(11-1)36-13-3-4-14-38(36)42-20-9-19-33(46(42)41-17-7-5-15-37(35)41)31-24-22-30(23-25-31)32-26-27-40-39-16-6-8-18-43(39)47-44(45(40)29-32)21-10-28-48-47/h1-29H. The van der Waals surface area contributed by atoms with Gasteiger partial charge in [-0.1, -0.05) is 158 Å². The van der Waals surface area contributed by atoms with Crippen molar-refractivity contribution in [3.63, 3.8) is 0 Å². The molecule has 1 nitrogen and oxygen atoms in total. The molecule has 0 fully saturated rings. The zero-order valence-electron chi connectivity index (χ0n) is 26.2. The molecule has 0 amide bonds. The van der Waals surface area contributed by atoms with Crippen LogP contribution < -0.4 is 0 Å². The minimum atomic E-state index is 1.05. The van der Waals surface area contributed by atoms with Crippen LogP contribution >= 0.6 is 0 Å². The molecular formula is C47H29N. The van der Waals surface area contributed by atoms with Crippen LogP contribution in [0.15, 0.2) is 176 Å². The van der Waals surface area contributed by atoms with Gasteiger partial charge < -0.3 is 0 Å². The van der Waals surface area contributed by atoms with Gasteiger partial charge in [0, 0.05) is 17.0 Å². The summed E-state index contributed by atoms with van der Waals surface area (Å²) in [5.41, 5.74) is 16.0. The van der Waals surface area contributed by atoms with E-state index in [1.807, 2.05) is 12.3 Å². The lowest BCUT2D eigenvalue weighted by Crippen LogP contribution is -1.98. The first-order chi connectivity index (χ1) is 23.8. The highest BCUT2D eigenvalue weighted by Gasteiger charge is 2.23. The van der Waals surface area contributed by atoms with E-state index in [1.54, 1.807) is 0 Å². The molecule has 1 heteroatoms. The van der Waals surface area contributed by atoms with Gasteiger partial charge in [-0.25, -0.2) is 0 Å². The summed E-state index contributed by atoms with van der Waals surface area (Å²) in [5.74, 6) is 0. The Hall–Kier alpha value is -6.31.